The molecule has 0 spiro atoms. The normalized spacial score (nSPS) is 16.4. The van der Waals surface area contributed by atoms with E-state index in [1.54, 1.807) is 0 Å². The molecule has 0 N–H and O–H groups in total. The van der Waals surface area contributed by atoms with Crippen molar-refractivity contribution in [2.24, 2.45) is 0 Å². The fraction of sp³-hybridized carbons (Fsp3) is 0.538. The summed E-state index contributed by atoms with van der Waals surface area (Å²) in [5.74, 6) is -1.66. The molecular formula is C13H16BrF2NO2S. The number of halogens is 3. The molecule has 0 saturated heterocycles. The second-order valence-electron chi connectivity index (χ2n) is 4.82. The molecule has 0 aliphatic heterocycles. The van der Waals surface area contributed by atoms with Crippen LogP contribution in [0.5, 0.6) is 0 Å². The second-order valence-corrected chi connectivity index (χ2v) is 7.47. The van der Waals surface area contributed by atoms with Crippen molar-refractivity contribution < 1.29 is 17.2 Å². The summed E-state index contributed by atoms with van der Waals surface area (Å²) in [6, 6.07) is 2.43. The number of sulfonamides is 1. The van der Waals surface area contributed by atoms with Crippen molar-refractivity contribution in [3.63, 3.8) is 0 Å². The average Bonchev–Trinajstić information content (AvgIpc) is 2.34. The molecule has 1 aliphatic rings. The maximum Gasteiger partial charge on any atom is 0.246 e. The lowest BCUT2D eigenvalue weighted by molar-refractivity contribution is 0.219. The summed E-state index contributed by atoms with van der Waals surface area (Å²) >= 11 is 3.26. The van der Waals surface area contributed by atoms with Crippen LogP contribution in [0.1, 0.15) is 25.7 Å². The summed E-state index contributed by atoms with van der Waals surface area (Å²) in [5, 5.41) is 0.664. The first-order valence-corrected chi connectivity index (χ1v) is 9.06. The summed E-state index contributed by atoms with van der Waals surface area (Å²) in [6.45, 7) is 0.314. The Hall–Kier alpha value is -0.530. The van der Waals surface area contributed by atoms with E-state index < -0.39 is 26.6 Å². The Balaban J connectivity index is 2.36. The summed E-state index contributed by atoms with van der Waals surface area (Å²) in [7, 11) is -3.99. The third-order valence-electron chi connectivity index (χ3n) is 3.47. The van der Waals surface area contributed by atoms with Gasteiger partial charge in [-0.1, -0.05) is 22.4 Å². The van der Waals surface area contributed by atoms with Crippen LogP contribution in [0.3, 0.4) is 0 Å². The molecule has 2 rings (SSSR count). The van der Waals surface area contributed by atoms with Gasteiger partial charge in [-0.3, -0.25) is 0 Å². The molecule has 3 nitrogen and oxygen atoms in total. The van der Waals surface area contributed by atoms with Crippen LogP contribution in [0.4, 0.5) is 8.78 Å². The highest BCUT2D eigenvalue weighted by Gasteiger charge is 2.36. The molecule has 1 fully saturated rings. The van der Waals surface area contributed by atoms with Crippen LogP contribution in [0.2, 0.25) is 0 Å². The Kier molecular flexibility index (Phi) is 5.14. The lowest BCUT2D eigenvalue weighted by Crippen LogP contribution is -2.45. The molecule has 0 amide bonds. The topological polar surface area (TPSA) is 37.4 Å². The molecule has 0 bridgehead atoms. The van der Waals surface area contributed by atoms with Crippen molar-refractivity contribution in [1.82, 2.24) is 4.31 Å². The average molecular weight is 368 g/mol. The second kappa shape index (κ2) is 6.49. The number of alkyl halides is 1. The van der Waals surface area contributed by atoms with Gasteiger partial charge in [0.1, 0.15) is 16.5 Å². The van der Waals surface area contributed by atoms with Crippen LogP contribution in [0.25, 0.3) is 0 Å². The highest BCUT2D eigenvalue weighted by atomic mass is 79.9. The van der Waals surface area contributed by atoms with E-state index in [9.17, 15) is 17.2 Å². The van der Waals surface area contributed by atoms with Gasteiger partial charge in [0.25, 0.3) is 0 Å². The minimum Gasteiger partial charge on any atom is -0.207 e. The molecule has 0 radical (unpaired) electrons. The number of hydrogen-bond donors (Lipinski definition) is 0. The molecule has 0 heterocycles. The number of nitrogens with zero attached hydrogens (tertiary/aromatic N) is 1. The Labute approximate surface area is 126 Å². The van der Waals surface area contributed by atoms with Gasteiger partial charge in [-0.2, -0.15) is 4.31 Å². The van der Waals surface area contributed by atoms with Gasteiger partial charge in [-0.05, 0) is 37.5 Å². The molecule has 1 aliphatic carbocycles. The van der Waals surface area contributed by atoms with Crippen LogP contribution in [-0.4, -0.2) is 30.6 Å². The zero-order valence-electron chi connectivity index (χ0n) is 10.9. The minimum absolute atomic E-state index is 0.0956. The monoisotopic (exact) mass is 367 g/mol. The van der Waals surface area contributed by atoms with Gasteiger partial charge in [0.05, 0.1) is 0 Å². The third-order valence-corrected chi connectivity index (χ3v) is 6.00. The molecule has 0 unspecified atom stereocenters. The fourth-order valence-corrected chi connectivity index (χ4v) is 4.24. The minimum atomic E-state index is -3.99. The van der Waals surface area contributed by atoms with E-state index in [2.05, 4.69) is 15.9 Å². The Morgan fingerprint density at radius 1 is 1.30 bits per heavy atom. The summed E-state index contributed by atoms with van der Waals surface area (Å²) in [4.78, 5) is -0.570. The van der Waals surface area contributed by atoms with Gasteiger partial charge >= 0.3 is 0 Å². The Bertz CT molecular complexity index is 576. The fourth-order valence-electron chi connectivity index (χ4n) is 2.19. The lowest BCUT2D eigenvalue weighted by Gasteiger charge is -2.36. The van der Waals surface area contributed by atoms with Gasteiger partial charge < -0.3 is 0 Å². The number of hydrogen-bond acceptors (Lipinski definition) is 2. The maximum absolute atomic E-state index is 13.8. The predicted octanol–water partition coefficient (Wildman–Crippen LogP) is 3.29. The van der Waals surface area contributed by atoms with Crippen LogP contribution in [-0.2, 0) is 10.0 Å². The third kappa shape index (κ3) is 3.20. The molecule has 0 aromatic heterocycles. The highest BCUT2D eigenvalue weighted by molar-refractivity contribution is 9.09. The van der Waals surface area contributed by atoms with E-state index in [4.69, 9.17) is 0 Å². The highest BCUT2D eigenvalue weighted by Crippen LogP contribution is 2.31. The van der Waals surface area contributed by atoms with Crippen molar-refractivity contribution in [3.05, 3.63) is 29.8 Å². The molecule has 1 saturated carbocycles. The van der Waals surface area contributed by atoms with Gasteiger partial charge in [0, 0.05) is 17.9 Å². The first-order chi connectivity index (χ1) is 9.46. The van der Waals surface area contributed by atoms with Crippen LogP contribution >= 0.6 is 15.9 Å². The van der Waals surface area contributed by atoms with Gasteiger partial charge in [-0.25, -0.2) is 17.2 Å². The molecule has 20 heavy (non-hydrogen) atoms. The van der Waals surface area contributed by atoms with Crippen molar-refractivity contribution >= 4 is 26.0 Å². The number of benzene rings is 1. The molecule has 0 atom stereocenters. The quantitative estimate of drug-likeness (QED) is 0.723. The van der Waals surface area contributed by atoms with E-state index in [1.807, 2.05) is 0 Å². The molecule has 112 valence electrons. The van der Waals surface area contributed by atoms with Crippen LogP contribution in [0.15, 0.2) is 23.1 Å². The van der Waals surface area contributed by atoms with E-state index in [0.717, 1.165) is 37.5 Å². The van der Waals surface area contributed by atoms with E-state index in [1.165, 1.54) is 4.31 Å². The number of rotatable bonds is 6. The Morgan fingerprint density at radius 2 is 2.00 bits per heavy atom. The zero-order chi connectivity index (χ0) is 14.8. The molecule has 1 aromatic rings. The zero-order valence-corrected chi connectivity index (χ0v) is 13.3. The van der Waals surface area contributed by atoms with E-state index in [0.29, 0.717) is 18.3 Å². The van der Waals surface area contributed by atoms with Gasteiger partial charge in [-0.15, -0.1) is 0 Å². The predicted molar refractivity (Wildman–Crippen MR) is 76.3 cm³/mol. The van der Waals surface area contributed by atoms with Crippen LogP contribution < -0.4 is 0 Å². The van der Waals surface area contributed by atoms with Crippen LogP contribution in [0, 0.1) is 11.6 Å². The summed E-state index contributed by atoms with van der Waals surface area (Å²) in [5.41, 5.74) is 0. The molecule has 1 aromatic carbocycles. The van der Waals surface area contributed by atoms with Crippen molar-refractivity contribution in [2.75, 3.05) is 11.9 Å². The van der Waals surface area contributed by atoms with Gasteiger partial charge in [0.2, 0.25) is 10.0 Å². The standard InChI is InChI=1S/C13H16BrF2NO2S/c14-7-2-8-17(11-3-1-4-11)20(18,19)13-9-10(15)5-6-12(13)16/h5-6,9,11H,1-4,7-8H2. The van der Waals surface area contributed by atoms with Crippen molar-refractivity contribution in [2.45, 2.75) is 36.6 Å². The SMILES string of the molecule is O=S(=O)(c1cc(F)ccc1F)N(CCCBr)C1CCC1. The largest absolute Gasteiger partial charge is 0.246 e. The van der Waals surface area contributed by atoms with E-state index in [-0.39, 0.29) is 6.04 Å². The van der Waals surface area contributed by atoms with E-state index >= 15 is 0 Å². The maximum atomic E-state index is 13.8. The lowest BCUT2D eigenvalue weighted by atomic mass is 9.93. The first-order valence-electron chi connectivity index (χ1n) is 6.49. The van der Waals surface area contributed by atoms with Crippen molar-refractivity contribution in [1.29, 1.82) is 0 Å². The molecular weight excluding hydrogens is 352 g/mol. The summed E-state index contributed by atoms with van der Waals surface area (Å²) < 4.78 is 53.4. The molecule has 7 heteroatoms. The first kappa shape index (κ1) is 15.9. The van der Waals surface area contributed by atoms with Crippen molar-refractivity contribution in [3.8, 4) is 0 Å². The Morgan fingerprint density at radius 3 is 2.55 bits per heavy atom. The smallest absolute Gasteiger partial charge is 0.207 e. The van der Waals surface area contributed by atoms with Gasteiger partial charge in [0.15, 0.2) is 0 Å². The summed E-state index contributed by atoms with van der Waals surface area (Å²) in [6.07, 6.45) is 3.15.